The number of alkyl halides is 3. The lowest BCUT2D eigenvalue weighted by atomic mass is 10.2. The van der Waals surface area contributed by atoms with Crippen molar-refractivity contribution in [1.29, 1.82) is 0 Å². The van der Waals surface area contributed by atoms with Crippen LogP contribution in [-0.4, -0.2) is 15.4 Å². The van der Waals surface area contributed by atoms with Gasteiger partial charge < -0.3 is 9.72 Å². The summed E-state index contributed by atoms with van der Waals surface area (Å²) in [6.45, 7) is 4.54. The van der Waals surface area contributed by atoms with E-state index in [2.05, 4.69) is 10.3 Å². The van der Waals surface area contributed by atoms with Crippen molar-refractivity contribution in [2.75, 3.05) is 0 Å². The number of rotatable bonds is 3. The maximum atomic E-state index is 12.5. The van der Waals surface area contributed by atoms with Crippen molar-refractivity contribution in [2.24, 2.45) is 0 Å². The molecule has 0 aliphatic carbocycles. The average molecular weight is 257 g/mol. The van der Waals surface area contributed by atoms with Crippen LogP contribution in [0.1, 0.15) is 25.1 Å². The predicted molar refractivity (Wildman–Crippen MR) is 62.2 cm³/mol. The Morgan fingerprint density at radius 2 is 2.11 bits per heavy atom. The number of hydrogen-bond acceptors (Lipinski definition) is 2. The third-order valence-electron chi connectivity index (χ3n) is 2.53. The van der Waals surface area contributed by atoms with E-state index in [1.807, 2.05) is 13.8 Å². The Morgan fingerprint density at radius 3 is 2.72 bits per heavy atom. The van der Waals surface area contributed by atoms with Crippen LogP contribution in [0, 0.1) is 0 Å². The van der Waals surface area contributed by atoms with Crippen LogP contribution in [0.15, 0.2) is 24.5 Å². The summed E-state index contributed by atoms with van der Waals surface area (Å²) in [5.41, 5.74) is 0.359. The molecule has 6 heteroatoms. The number of halogens is 3. The second-order valence-electron chi connectivity index (χ2n) is 4.45. The van der Waals surface area contributed by atoms with Gasteiger partial charge in [-0.25, -0.2) is 4.98 Å². The molecule has 18 heavy (non-hydrogen) atoms. The molecule has 2 heterocycles. The van der Waals surface area contributed by atoms with Crippen LogP contribution < -0.4 is 5.32 Å². The largest absolute Gasteiger partial charge is 0.416 e. The lowest BCUT2D eigenvalue weighted by Crippen LogP contribution is -2.21. The first-order valence-electron chi connectivity index (χ1n) is 5.64. The van der Waals surface area contributed by atoms with Gasteiger partial charge in [0.25, 0.3) is 0 Å². The molecule has 0 saturated heterocycles. The molecular formula is C12H14F3N3. The summed E-state index contributed by atoms with van der Waals surface area (Å²) in [6.07, 6.45) is -1.22. The quantitative estimate of drug-likeness (QED) is 0.916. The third-order valence-corrected chi connectivity index (χ3v) is 2.53. The van der Waals surface area contributed by atoms with Gasteiger partial charge in [0.1, 0.15) is 5.65 Å². The molecule has 0 amide bonds. The standard InChI is InChI=1S/C12H14F3N3/c1-8(2)16-6-10-7-18-4-3-9(12(13,14)15)5-11(18)17-10/h3-5,7-8,16H,6H2,1-2H3. The van der Waals surface area contributed by atoms with Crippen LogP contribution in [0.5, 0.6) is 0 Å². The minimum atomic E-state index is -4.33. The van der Waals surface area contributed by atoms with E-state index >= 15 is 0 Å². The van der Waals surface area contributed by atoms with Crippen molar-refractivity contribution in [3.63, 3.8) is 0 Å². The molecular weight excluding hydrogens is 243 g/mol. The molecule has 0 saturated carbocycles. The molecule has 0 unspecified atom stereocenters. The van der Waals surface area contributed by atoms with E-state index in [1.165, 1.54) is 6.20 Å². The molecule has 2 rings (SSSR count). The first-order valence-corrected chi connectivity index (χ1v) is 5.64. The summed E-state index contributed by atoms with van der Waals surface area (Å²) in [7, 11) is 0. The molecule has 0 aromatic carbocycles. The molecule has 2 aromatic rings. The highest BCUT2D eigenvalue weighted by molar-refractivity contribution is 5.43. The molecule has 98 valence electrons. The minimum absolute atomic E-state index is 0.306. The highest BCUT2D eigenvalue weighted by Gasteiger charge is 2.30. The van der Waals surface area contributed by atoms with E-state index in [-0.39, 0.29) is 0 Å². The van der Waals surface area contributed by atoms with Gasteiger partial charge in [-0.05, 0) is 12.1 Å². The van der Waals surface area contributed by atoms with Crippen molar-refractivity contribution in [3.05, 3.63) is 35.8 Å². The van der Waals surface area contributed by atoms with Crippen LogP contribution in [0.3, 0.4) is 0 Å². The van der Waals surface area contributed by atoms with Crippen molar-refractivity contribution >= 4 is 5.65 Å². The summed E-state index contributed by atoms with van der Waals surface area (Å²) in [5.74, 6) is 0. The molecule has 0 fully saturated rings. The first-order chi connectivity index (χ1) is 8.36. The zero-order valence-corrected chi connectivity index (χ0v) is 10.1. The fraction of sp³-hybridized carbons (Fsp3) is 0.417. The molecule has 0 aliphatic heterocycles. The van der Waals surface area contributed by atoms with Crippen LogP contribution in [0.4, 0.5) is 13.2 Å². The third kappa shape index (κ3) is 2.81. The molecule has 1 N–H and O–H groups in total. The number of imidazole rings is 1. The molecule has 0 aliphatic rings. The molecule has 3 nitrogen and oxygen atoms in total. The van der Waals surface area contributed by atoms with Crippen molar-refractivity contribution in [1.82, 2.24) is 14.7 Å². The number of nitrogens with zero attached hydrogens (tertiary/aromatic N) is 2. The normalized spacial score (nSPS) is 12.6. The molecule has 0 spiro atoms. The number of hydrogen-bond donors (Lipinski definition) is 1. The Morgan fingerprint density at radius 1 is 1.39 bits per heavy atom. The number of fused-ring (bicyclic) bond motifs is 1. The Hall–Kier alpha value is -1.56. The predicted octanol–water partition coefficient (Wildman–Crippen LogP) is 2.85. The lowest BCUT2D eigenvalue weighted by molar-refractivity contribution is -0.137. The molecule has 2 aromatic heterocycles. The number of aromatic nitrogens is 2. The second-order valence-corrected chi connectivity index (χ2v) is 4.45. The van der Waals surface area contributed by atoms with Crippen LogP contribution in [0.2, 0.25) is 0 Å². The van der Waals surface area contributed by atoms with Crippen LogP contribution in [-0.2, 0) is 12.7 Å². The second kappa shape index (κ2) is 4.61. The molecule has 0 bridgehead atoms. The van der Waals surface area contributed by atoms with E-state index in [1.54, 1.807) is 10.6 Å². The number of pyridine rings is 1. The van der Waals surface area contributed by atoms with Gasteiger partial charge in [0.2, 0.25) is 0 Å². The number of nitrogens with one attached hydrogen (secondary N) is 1. The summed E-state index contributed by atoms with van der Waals surface area (Å²) in [6, 6.07) is 2.41. The molecule has 0 atom stereocenters. The van der Waals surface area contributed by atoms with E-state index in [0.29, 0.717) is 18.2 Å². The van der Waals surface area contributed by atoms with Gasteiger partial charge in [-0.1, -0.05) is 13.8 Å². The fourth-order valence-corrected chi connectivity index (χ4v) is 1.60. The van der Waals surface area contributed by atoms with Gasteiger partial charge in [-0.15, -0.1) is 0 Å². The summed E-state index contributed by atoms with van der Waals surface area (Å²) in [5, 5.41) is 3.17. The van der Waals surface area contributed by atoms with Gasteiger partial charge in [-0.2, -0.15) is 13.2 Å². The average Bonchev–Trinajstić information content (AvgIpc) is 2.66. The van der Waals surface area contributed by atoms with Crippen molar-refractivity contribution in [2.45, 2.75) is 32.6 Å². The van der Waals surface area contributed by atoms with Crippen LogP contribution in [0.25, 0.3) is 5.65 Å². The zero-order chi connectivity index (χ0) is 13.3. The van der Waals surface area contributed by atoms with Crippen molar-refractivity contribution in [3.8, 4) is 0 Å². The summed E-state index contributed by atoms with van der Waals surface area (Å²) < 4.78 is 39.2. The Kier molecular flexibility index (Phi) is 3.30. The monoisotopic (exact) mass is 257 g/mol. The maximum Gasteiger partial charge on any atom is 0.416 e. The van der Waals surface area contributed by atoms with Gasteiger partial charge in [0, 0.05) is 25.0 Å². The summed E-state index contributed by atoms with van der Waals surface area (Å²) >= 11 is 0. The Labute approximate surface area is 103 Å². The van der Waals surface area contributed by atoms with Gasteiger partial charge in [0.05, 0.1) is 11.3 Å². The molecule has 0 radical (unpaired) electrons. The minimum Gasteiger partial charge on any atom is -0.309 e. The highest BCUT2D eigenvalue weighted by atomic mass is 19.4. The SMILES string of the molecule is CC(C)NCc1cn2ccc(C(F)(F)F)cc2n1. The van der Waals surface area contributed by atoms with E-state index in [0.717, 1.165) is 17.8 Å². The highest BCUT2D eigenvalue weighted by Crippen LogP contribution is 2.29. The van der Waals surface area contributed by atoms with E-state index in [4.69, 9.17) is 0 Å². The van der Waals surface area contributed by atoms with Crippen LogP contribution >= 0.6 is 0 Å². The topological polar surface area (TPSA) is 29.3 Å². The summed E-state index contributed by atoms with van der Waals surface area (Å²) in [4.78, 5) is 4.16. The first kappa shape index (κ1) is 12.9. The Balaban J connectivity index is 2.28. The maximum absolute atomic E-state index is 12.5. The van der Waals surface area contributed by atoms with Gasteiger partial charge in [-0.3, -0.25) is 0 Å². The van der Waals surface area contributed by atoms with E-state index < -0.39 is 11.7 Å². The fourth-order valence-electron chi connectivity index (χ4n) is 1.60. The van der Waals surface area contributed by atoms with Gasteiger partial charge >= 0.3 is 6.18 Å². The smallest absolute Gasteiger partial charge is 0.309 e. The van der Waals surface area contributed by atoms with Crippen molar-refractivity contribution < 1.29 is 13.2 Å². The van der Waals surface area contributed by atoms with E-state index in [9.17, 15) is 13.2 Å². The lowest BCUT2D eigenvalue weighted by Gasteiger charge is -2.05. The van der Waals surface area contributed by atoms with Gasteiger partial charge in [0.15, 0.2) is 0 Å². The zero-order valence-electron chi connectivity index (χ0n) is 10.1. The Bertz CT molecular complexity index is 543.